The van der Waals surface area contributed by atoms with Gasteiger partial charge in [-0.3, -0.25) is 9.11 Å². The predicted octanol–water partition coefficient (Wildman–Crippen LogP) is -2.23. The molecule has 0 aliphatic carbocycles. The van der Waals surface area contributed by atoms with E-state index in [1.54, 1.807) is 0 Å². The van der Waals surface area contributed by atoms with Crippen molar-refractivity contribution in [1.82, 2.24) is 0 Å². The average molecular weight is 236 g/mol. The van der Waals surface area contributed by atoms with Gasteiger partial charge in [-0.2, -0.15) is 8.42 Å². The van der Waals surface area contributed by atoms with Crippen LogP contribution in [0.2, 0.25) is 0 Å². The Morgan fingerprint density at radius 1 is 1.00 bits per heavy atom. The Morgan fingerprint density at radius 3 is 1.00 bits per heavy atom. The summed E-state index contributed by atoms with van der Waals surface area (Å²) >= 11 is 0. The van der Waals surface area contributed by atoms with Gasteiger partial charge in [0.05, 0.1) is 0 Å². The van der Waals surface area contributed by atoms with E-state index in [2.05, 4.69) is 0 Å². The summed E-state index contributed by atoms with van der Waals surface area (Å²) in [5, 5.41) is 0. The molecule has 8 nitrogen and oxygen atoms in total. The first-order valence-electron chi connectivity index (χ1n) is 1.48. The summed E-state index contributed by atoms with van der Waals surface area (Å²) in [5.41, 5.74) is 0. The minimum atomic E-state index is -4.67. The Kier molecular flexibility index (Phi) is 11.8. The third-order valence-corrected chi connectivity index (χ3v) is 0. The molecule has 0 fully saturated rings. The van der Waals surface area contributed by atoms with Crippen molar-refractivity contribution in [3.63, 3.8) is 0 Å². The first-order chi connectivity index (χ1) is 4.00. The van der Waals surface area contributed by atoms with Gasteiger partial charge in [-0.15, -0.1) is 0 Å². The molecule has 0 aromatic rings. The molecule has 0 amide bonds. The average Bonchev–Trinajstić information content (AvgIpc) is 1.12. The van der Waals surface area contributed by atoms with Crippen LogP contribution in [0.4, 0.5) is 0 Å². The maximum atomic E-state index is 8.88. The zero-order valence-electron chi connectivity index (χ0n) is 4.32. The molecule has 0 spiro atoms. The Bertz CT molecular complexity index is 192. The van der Waals surface area contributed by atoms with Crippen LogP contribution in [-0.4, -0.2) is 83.6 Å². The van der Waals surface area contributed by atoms with Crippen LogP contribution in [0.1, 0.15) is 0 Å². The van der Waals surface area contributed by atoms with Crippen LogP contribution in [0, 0.1) is 0 Å². The quantitative estimate of drug-likeness (QED) is 0.180. The van der Waals surface area contributed by atoms with Crippen LogP contribution in [0.5, 0.6) is 0 Å². The first kappa shape index (κ1) is 18.4. The van der Waals surface area contributed by atoms with Crippen LogP contribution in [-0.2, 0) is 15.0 Å². The number of rotatable bonds is 0. The van der Waals surface area contributed by atoms with E-state index in [0.717, 1.165) is 0 Å². The maximum absolute atomic E-state index is 8.88. The third kappa shape index (κ3) is 411. The van der Waals surface area contributed by atoms with E-state index in [1.165, 1.54) is 0 Å². The Morgan fingerprint density at radius 2 is 1.00 bits per heavy atom. The molecule has 0 unspecified atom stereocenters. The number of phosphoric acid groups is 1. The van der Waals surface area contributed by atoms with Crippen molar-refractivity contribution in [3.05, 3.63) is 0 Å². The fourth-order valence-electron chi connectivity index (χ4n) is 0. The molecule has 0 aliphatic heterocycles. The molecule has 5 N–H and O–H groups in total. The van der Waals surface area contributed by atoms with Gasteiger partial charge in [0.2, 0.25) is 0 Å². The predicted molar refractivity (Wildman–Crippen MR) is 35.6 cm³/mol. The molecule has 0 bridgehead atoms. The van der Waals surface area contributed by atoms with Gasteiger partial charge < -0.3 is 14.7 Å². The van der Waals surface area contributed by atoms with Crippen LogP contribution >= 0.6 is 7.82 Å². The van der Waals surface area contributed by atoms with Crippen molar-refractivity contribution >= 4 is 69.6 Å². The summed E-state index contributed by atoms with van der Waals surface area (Å²) in [6, 6.07) is 0. The molecule has 0 heterocycles. The van der Waals surface area contributed by atoms with E-state index < -0.39 is 18.2 Å². The van der Waals surface area contributed by atoms with Gasteiger partial charge >= 0.3 is 69.6 Å². The van der Waals surface area contributed by atoms with E-state index >= 15 is 0 Å². The molecule has 0 aliphatic rings. The van der Waals surface area contributed by atoms with Gasteiger partial charge in [-0.1, -0.05) is 0 Å². The van der Waals surface area contributed by atoms with Crippen molar-refractivity contribution in [2.75, 3.05) is 0 Å². The second-order valence-electron chi connectivity index (χ2n) is 0.961. The van der Waals surface area contributed by atoms with Crippen LogP contribution in [0.3, 0.4) is 0 Å². The molecule has 0 atom stereocenters. The fraction of sp³-hybridized carbons (Fsp3) is 0. The molecule has 0 aromatic heterocycles. The van der Waals surface area contributed by atoms with E-state index in [0.29, 0.717) is 0 Å². The Hall–Kier alpha value is 1.62. The van der Waals surface area contributed by atoms with Gasteiger partial charge in [-0.05, 0) is 0 Å². The summed E-state index contributed by atoms with van der Waals surface area (Å²) in [6.45, 7) is 0. The summed E-state index contributed by atoms with van der Waals surface area (Å²) < 4.78 is 40.5. The topological polar surface area (TPSA) is 152 Å². The van der Waals surface area contributed by atoms with Crippen LogP contribution in [0.15, 0.2) is 0 Å². The zero-order chi connectivity index (χ0) is 9.00. The summed E-state index contributed by atoms with van der Waals surface area (Å²) in [5.74, 6) is 0. The monoisotopic (exact) mass is 236 g/mol. The van der Waals surface area contributed by atoms with Crippen molar-refractivity contribution in [1.29, 1.82) is 0 Å². The molecule has 0 radical (unpaired) electrons. The Balaban J connectivity index is -0.000000107. The molecule has 0 saturated heterocycles. The van der Waals surface area contributed by atoms with Crippen LogP contribution < -0.4 is 0 Å². The standard InChI is InChI=1S/K.H3O4P.H2O4S.H/c;2*1-5(2,3)4;/h;(H3,1,2,3,4);(H2,1,2,3,4);. The van der Waals surface area contributed by atoms with Crippen molar-refractivity contribution in [2.24, 2.45) is 0 Å². The second kappa shape index (κ2) is 7.06. The van der Waals surface area contributed by atoms with E-state index in [-0.39, 0.29) is 51.4 Å². The fourth-order valence-corrected chi connectivity index (χ4v) is 0. The molecule has 66 valence electrons. The van der Waals surface area contributed by atoms with Gasteiger partial charge in [0.25, 0.3) is 0 Å². The van der Waals surface area contributed by atoms with E-state index in [1.807, 2.05) is 0 Å². The first-order valence-corrected chi connectivity index (χ1v) is 4.44. The van der Waals surface area contributed by atoms with Crippen LogP contribution in [0.25, 0.3) is 0 Å². The van der Waals surface area contributed by atoms with Crippen molar-refractivity contribution < 1.29 is 36.8 Å². The number of hydrogen-bond acceptors (Lipinski definition) is 3. The Labute approximate surface area is 105 Å². The molecule has 0 saturated carbocycles. The van der Waals surface area contributed by atoms with Gasteiger partial charge in [0.1, 0.15) is 0 Å². The molecule has 0 aromatic carbocycles. The summed E-state index contributed by atoms with van der Waals surface area (Å²) in [6.07, 6.45) is 0. The SMILES string of the molecule is O=P(O)(O)O.O=S(=O)(O)O.[KH]. The molecular formula is H6KO8PS. The van der Waals surface area contributed by atoms with E-state index in [4.69, 9.17) is 36.8 Å². The van der Waals surface area contributed by atoms with Gasteiger partial charge in [0, 0.05) is 0 Å². The minimum absolute atomic E-state index is 0. The second-order valence-corrected chi connectivity index (χ2v) is 2.88. The molecule has 0 rings (SSSR count). The zero-order valence-corrected chi connectivity index (χ0v) is 6.03. The van der Waals surface area contributed by atoms with Gasteiger partial charge in [0.15, 0.2) is 0 Å². The van der Waals surface area contributed by atoms with Gasteiger partial charge in [-0.25, -0.2) is 4.57 Å². The normalized spacial score (nSPS) is 10.6. The molecule has 11 heteroatoms. The molecular weight excluding hydrogens is 230 g/mol. The van der Waals surface area contributed by atoms with Crippen molar-refractivity contribution in [3.8, 4) is 0 Å². The van der Waals surface area contributed by atoms with E-state index in [9.17, 15) is 0 Å². The summed E-state index contributed by atoms with van der Waals surface area (Å²) in [7, 11) is -9.31. The molecule has 11 heavy (non-hydrogen) atoms. The van der Waals surface area contributed by atoms with Crippen molar-refractivity contribution in [2.45, 2.75) is 0 Å². The third-order valence-electron chi connectivity index (χ3n) is 0. The summed E-state index contributed by atoms with van der Waals surface area (Å²) in [4.78, 5) is 21.6. The number of hydrogen-bond donors (Lipinski definition) is 5.